The van der Waals surface area contributed by atoms with Crippen molar-refractivity contribution in [3.8, 4) is 11.5 Å². The summed E-state index contributed by atoms with van der Waals surface area (Å²) >= 11 is 0. The van der Waals surface area contributed by atoms with Crippen LogP contribution in [-0.4, -0.2) is 52.1 Å². The number of hydrogen-bond donors (Lipinski definition) is 3. The number of benzene rings is 2. The first kappa shape index (κ1) is 18.3. The van der Waals surface area contributed by atoms with Crippen LogP contribution in [0.1, 0.15) is 12.5 Å². The molecule has 0 bridgehead atoms. The van der Waals surface area contributed by atoms with E-state index in [2.05, 4.69) is 0 Å². The minimum Gasteiger partial charge on any atom is -0.504 e. The molecule has 0 saturated carbocycles. The molecule has 2 aromatic carbocycles. The van der Waals surface area contributed by atoms with Gasteiger partial charge < -0.3 is 20.1 Å². The summed E-state index contributed by atoms with van der Waals surface area (Å²) in [5.41, 5.74) is 1.12. The van der Waals surface area contributed by atoms with Gasteiger partial charge in [-0.25, -0.2) is 0 Å². The summed E-state index contributed by atoms with van der Waals surface area (Å²) in [7, 11) is 0. The molecule has 0 heterocycles. The zero-order valence-electron chi connectivity index (χ0n) is 13.9. The van der Waals surface area contributed by atoms with Crippen molar-refractivity contribution in [2.24, 2.45) is 0 Å². The van der Waals surface area contributed by atoms with Gasteiger partial charge in [0.2, 0.25) is 0 Å². The maximum absolute atomic E-state index is 9.80. The third-order valence-electron chi connectivity index (χ3n) is 3.64. The quantitative estimate of drug-likeness (QED) is 0.655. The lowest BCUT2D eigenvalue weighted by Gasteiger charge is -2.28. The molecule has 3 N–H and O–H groups in total. The topological polar surface area (TPSA) is 73.2 Å². The summed E-state index contributed by atoms with van der Waals surface area (Å²) in [4.78, 5) is 2.03. The third-order valence-corrected chi connectivity index (χ3v) is 3.64. The van der Waals surface area contributed by atoms with Gasteiger partial charge in [-0.3, -0.25) is 4.90 Å². The molecule has 130 valence electrons. The Hall–Kier alpha value is -2.08. The standard InChI is InChI=1S/C19H25NO4/c1-15(24-19-10-6-5-9-18(19)23)11-20(13-17(22)14-21)12-16-7-3-2-4-8-16/h2-10,15,17,21-23H,11-14H2,1H3. The number of hydrogen-bond acceptors (Lipinski definition) is 5. The third kappa shape index (κ3) is 5.85. The smallest absolute Gasteiger partial charge is 0.161 e. The van der Waals surface area contributed by atoms with Crippen molar-refractivity contribution in [2.75, 3.05) is 19.7 Å². The number of ether oxygens (including phenoxy) is 1. The maximum Gasteiger partial charge on any atom is 0.161 e. The lowest BCUT2D eigenvalue weighted by atomic mass is 10.2. The van der Waals surface area contributed by atoms with E-state index in [-0.39, 0.29) is 18.5 Å². The van der Waals surface area contributed by atoms with E-state index < -0.39 is 6.10 Å². The Bertz CT molecular complexity index is 605. The van der Waals surface area contributed by atoms with Crippen LogP contribution >= 0.6 is 0 Å². The van der Waals surface area contributed by atoms with E-state index in [9.17, 15) is 10.2 Å². The molecule has 0 aromatic heterocycles. The molecule has 2 aromatic rings. The van der Waals surface area contributed by atoms with Crippen LogP contribution in [0.25, 0.3) is 0 Å². The molecule has 0 aliphatic carbocycles. The molecular weight excluding hydrogens is 306 g/mol. The number of nitrogens with zero attached hydrogens (tertiary/aromatic N) is 1. The molecule has 0 aliphatic rings. The van der Waals surface area contributed by atoms with Gasteiger partial charge in [0.05, 0.1) is 12.7 Å². The van der Waals surface area contributed by atoms with Gasteiger partial charge in [-0.05, 0) is 24.6 Å². The Labute approximate surface area is 142 Å². The van der Waals surface area contributed by atoms with E-state index in [1.54, 1.807) is 24.3 Å². The van der Waals surface area contributed by atoms with Crippen molar-refractivity contribution in [2.45, 2.75) is 25.7 Å². The van der Waals surface area contributed by atoms with Crippen molar-refractivity contribution in [3.63, 3.8) is 0 Å². The Balaban J connectivity index is 1.99. The normalized spacial score (nSPS) is 13.7. The molecule has 0 aliphatic heterocycles. The summed E-state index contributed by atoms with van der Waals surface area (Å²) in [6.07, 6.45) is -0.987. The average molecular weight is 331 g/mol. The van der Waals surface area contributed by atoms with Crippen LogP contribution in [0.15, 0.2) is 54.6 Å². The van der Waals surface area contributed by atoms with E-state index in [1.165, 1.54) is 0 Å². The van der Waals surface area contributed by atoms with Gasteiger partial charge in [-0.1, -0.05) is 42.5 Å². The van der Waals surface area contributed by atoms with Gasteiger partial charge in [-0.2, -0.15) is 0 Å². The molecule has 2 atom stereocenters. The first-order valence-corrected chi connectivity index (χ1v) is 8.08. The van der Waals surface area contributed by atoms with E-state index in [4.69, 9.17) is 9.84 Å². The minimum absolute atomic E-state index is 0.106. The minimum atomic E-state index is -0.800. The van der Waals surface area contributed by atoms with Crippen LogP contribution in [0.3, 0.4) is 0 Å². The number of aliphatic hydroxyl groups excluding tert-OH is 2. The van der Waals surface area contributed by atoms with Gasteiger partial charge >= 0.3 is 0 Å². The highest BCUT2D eigenvalue weighted by molar-refractivity contribution is 5.38. The fourth-order valence-electron chi connectivity index (χ4n) is 2.58. The molecule has 2 unspecified atom stereocenters. The first-order valence-electron chi connectivity index (χ1n) is 8.08. The largest absolute Gasteiger partial charge is 0.504 e. The number of aliphatic hydroxyl groups is 2. The van der Waals surface area contributed by atoms with Crippen molar-refractivity contribution >= 4 is 0 Å². The number of aromatic hydroxyl groups is 1. The van der Waals surface area contributed by atoms with E-state index >= 15 is 0 Å². The second kappa shape index (κ2) is 9.27. The number of para-hydroxylation sites is 2. The molecule has 0 spiro atoms. The second-order valence-electron chi connectivity index (χ2n) is 5.91. The lowest BCUT2D eigenvalue weighted by molar-refractivity contribution is 0.0430. The Morgan fingerprint density at radius 3 is 2.33 bits per heavy atom. The number of phenols is 1. The monoisotopic (exact) mass is 331 g/mol. The van der Waals surface area contributed by atoms with Crippen molar-refractivity contribution < 1.29 is 20.1 Å². The number of rotatable bonds is 9. The molecule has 2 rings (SSSR count). The average Bonchev–Trinajstić information content (AvgIpc) is 2.57. The van der Waals surface area contributed by atoms with Crippen LogP contribution < -0.4 is 4.74 Å². The summed E-state index contributed by atoms with van der Waals surface area (Å²) in [6, 6.07) is 16.8. The highest BCUT2D eigenvalue weighted by Gasteiger charge is 2.16. The van der Waals surface area contributed by atoms with Crippen molar-refractivity contribution in [1.82, 2.24) is 4.90 Å². The summed E-state index contributed by atoms with van der Waals surface area (Å²) < 4.78 is 5.79. The lowest BCUT2D eigenvalue weighted by Crippen LogP contribution is -2.39. The van der Waals surface area contributed by atoms with Crippen LogP contribution in [0, 0.1) is 0 Å². The zero-order chi connectivity index (χ0) is 17.4. The second-order valence-corrected chi connectivity index (χ2v) is 5.91. The predicted molar refractivity (Wildman–Crippen MR) is 93.0 cm³/mol. The van der Waals surface area contributed by atoms with Crippen LogP contribution in [0.4, 0.5) is 0 Å². The molecule has 24 heavy (non-hydrogen) atoms. The number of phenolic OH excluding ortho intramolecular Hbond substituents is 1. The molecule has 0 saturated heterocycles. The fraction of sp³-hybridized carbons (Fsp3) is 0.368. The molecule has 0 fully saturated rings. The zero-order valence-corrected chi connectivity index (χ0v) is 13.9. The van der Waals surface area contributed by atoms with Gasteiger partial charge in [0.15, 0.2) is 11.5 Å². The fourth-order valence-corrected chi connectivity index (χ4v) is 2.58. The Morgan fingerprint density at radius 1 is 1.00 bits per heavy atom. The van der Waals surface area contributed by atoms with Gasteiger partial charge in [0.25, 0.3) is 0 Å². The molecule has 0 radical (unpaired) electrons. The van der Waals surface area contributed by atoms with Gasteiger partial charge in [-0.15, -0.1) is 0 Å². The SMILES string of the molecule is CC(CN(Cc1ccccc1)CC(O)CO)Oc1ccccc1O. The van der Waals surface area contributed by atoms with Crippen LogP contribution in [0.5, 0.6) is 11.5 Å². The van der Waals surface area contributed by atoms with Gasteiger partial charge in [0, 0.05) is 19.6 Å². The molecule has 5 heteroatoms. The highest BCUT2D eigenvalue weighted by Crippen LogP contribution is 2.25. The molecular formula is C19H25NO4. The summed E-state index contributed by atoms with van der Waals surface area (Å²) in [5.74, 6) is 0.543. The van der Waals surface area contributed by atoms with Crippen molar-refractivity contribution in [1.29, 1.82) is 0 Å². The first-order chi connectivity index (χ1) is 11.6. The van der Waals surface area contributed by atoms with Gasteiger partial charge in [0.1, 0.15) is 6.10 Å². The Kier molecular flexibility index (Phi) is 7.06. The molecule has 5 nitrogen and oxygen atoms in total. The predicted octanol–water partition coefficient (Wildman–Crippen LogP) is 2.01. The van der Waals surface area contributed by atoms with Crippen LogP contribution in [0.2, 0.25) is 0 Å². The highest BCUT2D eigenvalue weighted by atomic mass is 16.5. The summed E-state index contributed by atoms with van der Waals surface area (Å²) in [5, 5.41) is 28.7. The van der Waals surface area contributed by atoms with Crippen LogP contribution in [-0.2, 0) is 6.54 Å². The summed E-state index contributed by atoms with van der Waals surface area (Å²) in [6.45, 7) is 3.18. The Morgan fingerprint density at radius 2 is 1.67 bits per heavy atom. The van der Waals surface area contributed by atoms with Crippen molar-refractivity contribution in [3.05, 3.63) is 60.2 Å². The maximum atomic E-state index is 9.80. The molecule has 0 amide bonds. The van der Waals surface area contributed by atoms with E-state index in [1.807, 2.05) is 42.2 Å². The van der Waals surface area contributed by atoms with E-state index in [0.29, 0.717) is 25.4 Å². The van der Waals surface area contributed by atoms with E-state index in [0.717, 1.165) is 5.56 Å².